The molecule has 18 heavy (non-hydrogen) atoms. The summed E-state index contributed by atoms with van der Waals surface area (Å²) in [7, 11) is 1.33. The molecule has 1 N–H and O–H groups in total. The van der Waals surface area contributed by atoms with Gasteiger partial charge in [0.05, 0.1) is 7.11 Å². The maximum Gasteiger partial charge on any atom is 0.327 e. The molecular weight excluding hydrogens is 233 g/mol. The van der Waals surface area contributed by atoms with Crippen LogP contribution >= 0.6 is 0 Å². The number of carbonyl (C=O) groups excluding carboxylic acids is 1. The van der Waals surface area contributed by atoms with Gasteiger partial charge in [-0.15, -0.1) is 0 Å². The van der Waals surface area contributed by atoms with Crippen LogP contribution in [-0.2, 0) is 9.53 Å². The van der Waals surface area contributed by atoms with Crippen LogP contribution in [0.5, 0.6) is 0 Å². The summed E-state index contributed by atoms with van der Waals surface area (Å²) in [5.74, 6) is -0.320. The number of esters is 1. The van der Waals surface area contributed by atoms with Gasteiger partial charge in [0.25, 0.3) is 0 Å². The zero-order valence-corrected chi connectivity index (χ0v) is 11.3. The minimum atomic E-state index is -0.618. The summed E-state index contributed by atoms with van der Waals surface area (Å²) in [6.07, 6.45) is 0. The van der Waals surface area contributed by atoms with Crippen LogP contribution in [0.3, 0.4) is 0 Å². The fourth-order valence-electron chi connectivity index (χ4n) is 1.60. The van der Waals surface area contributed by atoms with Crippen LogP contribution in [0, 0.1) is 18.7 Å². The zero-order chi connectivity index (χ0) is 13.7. The molecule has 0 saturated heterocycles. The number of ether oxygens (including phenoxy) is 1. The highest BCUT2D eigenvalue weighted by atomic mass is 19.1. The summed E-state index contributed by atoms with van der Waals surface area (Å²) < 4.78 is 18.3. The molecule has 100 valence electrons. The number of aryl methyl sites for hydroxylation is 1. The van der Waals surface area contributed by atoms with E-state index in [4.69, 9.17) is 4.74 Å². The van der Waals surface area contributed by atoms with Crippen molar-refractivity contribution in [2.45, 2.75) is 26.8 Å². The first kappa shape index (κ1) is 14.6. The van der Waals surface area contributed by atoms with Crippen LogP contribution < -0.4 is 5.32 Å². The Morgan fingerprint density at radius 1 is 1.44 bits per heavy atom. The second-order valence-corrected chi connectivity index (χ2v) is 4.77. The van der Waals surface area contributed by atoms with E-state index in [1.807, 2.05) is 13.8 Å². The van der Waals surface area contributed by atoms with Gasteiger partial charge in [0, 0.05) is 0 Å². The minimum Gasteiger partial charge on any atom is -0.468 e. The molecule has 0 amide bonds. The van der Waals surface area contributed by atoms with Gasteiger partial charge in [-0.05, 0) is 36.6 Å². The molecule has 0 fully saturated rings. The molecule has 0 aliphatic rings. The van der Waals surface area contributed by atoms with Crippen molar-refractivity contribution in [3.63, 3.8) is 0 Å². The molecule has 0 spiro atoms. The lowest BCUT2D eigenvalue weighted by Gasteiger charge is -2.18. The Labute approximate surface area is 107 Å². The van der Waals surface area contributed by atoms with Crippen LogP contribution in [0.15, 0.2) is 18.2 Å². The Kier molecular flexibility index (Phi) is 5.28. The summed E-state index contributed by atoms with van der Waals surface area (Å²) in [6.45, 7) is 6.43. The standard InChI is InChI=1S/C14H20FNO2/c1-9(2)8-16-13(14(17)18-4)11-6-5-10(3)12(15)7-11/h5-7,9,13,16H,8H2,1-4H3. The predicted octanol–water partition coefficient (Wildman–Crippen LogP) is 2.59. The van der Waals surface area contributed by atoms with Crippen molar-refractivity contribution in [2.75, 3.05) is 13.7 Å². The highest BCUT2D eigenvalue weighted by Crippen LogP contribution is 2.18. The molecule has 4 heteroatoms. The smallest absolute Gasteiger partial charge is 0.327 e. The third-order valence-electron chi connectivity index (χ3n) is 2.70. The topological polar surface area (TPSA) is 38.3 Å². The first-order valence-electron chi connectivity index (χ1n) is 6.03. The fourth-order valence-corrected chi connectivity index (χ4v) is 1.60. The molecule has 0 aliphatic heterocycles. The Morgan fingerprint density at radius 3 is 2.61 bits per heavy atom. The maximum atomic E-state index is 13.5. The summed E-state index contributed by atoms with van der Waals surface area (Å²) in [5, 5.41) is 3.09. The number of hydrogen-bond acceptors (Lipinski definition) is 3. The third-order valence-corrected chi connectivity index (χ3v) is 2.70. The first-order chi connectivity index (χ1) is 8.45. The Hall–Kier alpha value is -1.42. The van der Waals surface area contributed by atoms with Gasteiger partial charge in [0.2, 0.25) is 0 Å². The van der Waals surface area contributed by atoms with Crippen LogP contribution in [0.1, 0.15) is 31.0 Å². The molecule has 0 aliphatic carbocycles. The molecule has 0 aromatic heterocycles. The molecule has 1 rings (SSSR count). The van der Waals surface area contributed by atoms with Gasteiger partial charge >= 0.3 is 5.97 Å². The first-order valence-corrected chi connectivity index (χ1v) is 6.03. The van der Waals surface area contributed by atoms with Crippen LogP contribution in [-0.4, -0.2) is 19.6 Å². The van der Waals surface area contributed by atoms with E-state index in [0.717, 1.165) is 0 Å². The van der Waals surface area contributed by atoms with Crippen molar-refractivity contribution in [2.24, 2.45) is 5.92 Å². The Balaban J connectivity index is 2.94. The molecular formula is C14H20FNO2. The predicted molar refractivity (Wildman–Crippen MR) is 68.7 cm³/mol. The second-order valence-electron chi connectivity index (χ2n) is 4.77. The van der Waals surface area contributed by atoms with E-state index in [0.29, 0.717) is 23.6 Å². The number of rotatable bonds is 5. The molecule has 0 heterocycles. The molecule has 1 aromatic carbocycles. The van der Waals surface area contributed by atoms with Gasteiger partial charge in [0.1, 0.15) is 11.9 Å². The van der Waals surface area contributed by atoms with Gasteiger partial charge in [-0.25, -0.2) is 9.18 Å². The van der Waals surface area contributed by atoms with Gasteiger partial charge in [-0.3, -0.25) is 0 Å². The second kappa shape index (κ2) is 6.50. The number of carbonyl (C=O) groups is 1. The van der Waals surface area contributed by atoms with E-state index >= 15 is 0 Å². The average Bonchev–Trinajstić information content (AvgIpc) is 2.33. The zero-order valence-electron chi connectivity index (χ0n) is 11.3. The van der Waals surface area contributed by atoms with E-state index in [-0.39, 0.29) is 5.82 Å². The number of benzene rings is 1. The maximum absolute atomic E-state index is 13.5. The third kappa shape index (κ3) is 3.81. The number of halogens is 1. The van der Waals surface area contributed by atoms with Crippen LogP contribution in [0.25, 0.3) is 0 Å². The fraction of sp³-hybridized carbons (Fsp3) is 0.500. The number of methoxy groups -OCH3 is 1. The van der Waals surface area contributed by atoms with Crippen molar-refractivity contribution in [1.29, 1.82) is 0 Å². The highest BCUT2D eigenvalue weighted by Gasteiger charge is 2.21. The lowest BCUT2D eigenvalue weighted by atomic mass is 10.0. The van der Waals surface area contributed by atoms with Crippen molar-refractivity contribution >= 4 is 5.97 Å². The summed E-state index contributed by atoms with van der Waals surface area (Å²) in [4.78, 5) is 11.7. The van der Waals surface area contributed by atoms with Gasteiger partial charge in [-0.2, -0.15) is 0 Å². The summed E-state index contributed by atoms with van der Waals surface area (Å²) >= 11 is 0. The van der Waals surface area contributed by atoms with E-state index in [1.165, 1.54) is 13.2 Å². The van der Waals surface area contributed by atoms with Gasteiger partial charge < -0.3 is 10.1 Å². The lowest BCUT2D eigenvalue weighted by molar-refractivity contribution is -0.143. The SMILES string of the molecule is COC(=O)C(NCC(C)C)c1ccc(C)c(F)c1. The molecule has 0 radical (unpaired) electrons. The van der Waals surface area contributed by atoms with E-state index in [9.17, 15) is 9.18 Å². The van der Waals surface area contributed by atoms with Gasteiger partial charge in [0.15, 0.2) is 0 Å². The Morgan fingerprint density at radius 2 is 2.11 bits per heavy atom. The number of hydrogen-bond donors (Lipinski definition) is 1. The molecule has 1 unspecified atom stereocenters. The van der Waals surface area contributed by atoms with Crippen molar-refractivity contribution in [3.05, 3.63) is 35.1 Å². The molecule has 1 atom stereocenters. The quantitative estimate of drug-likeness (QED) is 0.820. The summed E-state index contributed by atoms with van der Waals surface area (Å²) in [5.41, 5.74) is 1.15. The van der Waals surface area contributed by atoms with Gasteiger partial charge in [-0.1, -0.05) is 26.0 Å². The van der Waals surface area contributed by atoms with Crippen molar-refractivity contribution in [3.8, 4) is 0 Å². The van der Waals surface area contributed by atoms with Crippen molar-refractivity contribution in [1.82, 2.24) is 5.32 Å². The van der Waals surface area contributed by atoms with E-state index < -0.39 is 12.0 Å². The Bertz CT molecular complexity index is 418. The molecule has 0 saturated carbocycles. The average molecular weight is 253 g/mol. The van der Waals surface area contributed by atoms with E-state index in [2.05, 4.69) is 5.32 Å². The molecule has 3 nitrogen and oxygen atoms in total. The summed E-state index contributed by atoms with van der Waals surface area (Å²) in [6, 6.07) is 4.17. The van der Waals surface area contributed by atoms with Crippen molar-refractivity contribution < 1.29 is 13.9 Å². The minimum absolute atomic E-state index is 0.312. The molecule has 1 aromatic rings. The molecule has 0 bridgehead atoms. The lowest BCUT2D eigenvalue weighted by Crippen LogP contribution is -2.32. The monoisotopic (exact) mass is 253 g/mol. The number of nitrogens with one attached hydrogen (secondary N) is 1. The van der Waals surface area contributed by atoms with Crippen LogP contribution in [0.2, 0.25) is 0 Å². The van der Waals surface area contributed by atoms with Crippen LogP contribution in [0.4, 0.5) is 4.39 Å². The normalized spacial score (nSPS) is 12.6. The van der Waals surface area contributed by atoms with E-state index in [1.54, 1.807) is 19.1 Å². The highest BCUT2D eigenvalue weighted by molar-refractivity contribution is 5.77. The largest absolute Gasteiger partial charge is 0.468 e.